The number of allylic oxidation sites excluding steroid dienone is 1. The number of hydrogen-bond acceptors (Lipinski definition) is 6. The Morgan fingerprint density at radius 3 is 2.30 bits per heavy atom. The van der Waals surface area contributed by atoms with Gasteiger partial charge in [-0.2, -0.15) is 0 Å². The van der Waals surface area contributed by atoms with Crippen molar-refractivity contribution in [2.45, 2.75) is 20.0 Å². The maximum Gasteiger partial charge on any atom is 0.339 e. The van der Waals surface area contributed by atoms with Crippen molar-refractivity contribution >= 4 is 29.4 Å². The lowest BCUT2D eigenvalue weighted by molar-refractivity contribution is 0.0692. The minimum atomic E-state index is -1.46. The van der Waals surface area contributed by atoms with E-state index in [1.165, 1.54) is 24.3 Å². The van der Waals surface area contributed by atoms with Crippen molar-refractivity contribution in [2.75, 3.05) is 0 Å². The topological polar surface area (TPSA) is 124 Å². The molecule has 0 saturated heterocycles. The fraction of sp³-hybridized carbons (Fsp3) is 0.158. The molecule has 0 saturated carbocycles. The summed E-state index contributed by atoms with van der Waals surface area (Å²) in [6, 6.07) is 5.06. The molecule has 142 valence electrons. The van der Waals surface area contributed by atoms with Crippen molar-refractivity contribution in [3.63, 3.8) is 0 Å². The van der Waals surface area contributed by atoms with Crippen LogP contribution >= 0.6 is 11.6 Å². The number of rotatable bonds is 6. The van der Waals surface area contributed by atoms with Gasteiger partial charge in [0.15, 0.2) is 17.3 Å². The van der Waals surface area contributed by atoms with Crippen LogP contribution in [0.15, 0.2) is 30.3 Å². The molecule has 0 aliphatic rings. The van der Waals surface area contributed by atoms with Gasteiger partial charge in [0.25, 0.3) is 0 Å². The number of hydrogen-bond donors (Lipinski definition) is 4. The number of carbonyl (C=O) groups is 2. The van der Waals surface area contributed by atoms with Gasteiger partial charge in [-0.1, -0.05) is 11.6 Å². The van der Waals surface area contributed by atoms with Crippen LogP contribution in [-0.4, -0.2) is 38.3 Å². The SMILES string of the molecule is CC(C)Oc1c(C=CC(=O)c2ccc(Cl)cc2O)cc(C(=O)O)c(O)c1O. The first-order chi connectivity index (χ1) is 12.6. The number of ketones is 1. The summed E-state index contributed by atoms with van der Waals surface area (Å²) >= 11 is 5.73. The third-order valence-electron chi connectivity index (χ3n) is 3.48. The fourth-order valence-electron chi connectivity index (χ4n) is 2.28. The molecule has 0 amide bonds. The molecule has 0 radical (unpaired) electrons. The third kappa shape index (κ3) is 4.51. The lowest BCUT2D eigenvalue weighted by atomic mass is 10.0. The predicted molar refractivity (Wildman–Crippen MR) is 99.0 cm³/mol. The van der Waals surface area contributed by atoms with E-state index in [0.717, 1.165) is 12.1 Å². The van der Waals surface area contributed by atoms with E-state index < -0.39 is 34.9 Å². The Labute approximate surface area is 159 Å². The second kappa shape index (κ2) is 8.01. The number of ether oxygens (including phenoxy) is 1. The number of carboxylic acid groups (broad SMARTS) is 1. The Kier molecular flexibility index (Phi) is 5.97. The summed E-state index contributed by atoms with van der Waals surface area (Å²) in [6.45, 7) is 3.35. The molecule has 2 aromatic rings. The van der Waals surface area contributed by atoms with Gasteiger partial charge in [-0.15, -0.1) is 0 Å². The molecule has 8 heteroatoms. The van der Waals surface area contributed by atoms with Crippen molar-refractivity contribution in [1.29, 1.82) is 0 Å². The van der Waals surface area contributed by atoms with Crippen LogP contribution in [0, 0.1) is 0 Å². The first kappa shape index (κ1) is 20.1. The van der Waals surface area contributed by atoms with Crippen molar-refractivity contribution in [3.05, 3.63) is 52.1 Å². The second-order valence-electron chi connectivity index (χ2n) is 5.87. The highest BCUT2D eigenvalue weighted by molar-refractivity contribution is 6.31. The average Bonchev–Trinajstić information content (AvgIpc) is 2.57. The first-order valence-electron chi connectivity index (χ1n) is 7.81. The molecule has 0 heterocycles. The van der Waals surface area contributed by atoms with Crippen molar-refractivity contribution < 1.29 is 34.8 Å². The second-order valence-corrected chi connectivity index (χ2v) is 6.31. The molecule has 0 spiro atoms. The number of carbonyl (C=O) groups excluding carboxylic acids is 1. The molecule has 0 aromatic heterocycles. The van der Waals surface area contributed by atoms with E-state index in [1.54, 1.807) is 13.8 Å². The van der Waals surface area contributed by atoms with E-state index >= 15 is 0 Å². The Hall–Kier alpha value is -3.19. The number of aromatic hydroxyl groups is 3. The molecule has 0 aliphatic heterocycles. The highest BCUT2D eigenvalue weighted by atomic mass is 35.5. The van der Waals surface area contributed by atoms with E-state index in [1.807, 2.05) is 0 Å². The Bertz CT molecular complexity index is 932. The van der Waals surface area contributed by atoms with Crippen LogP contribution in [0.1, 0.15) is 40.1 Å². The maximum absolute atomic E-state index is 12.3. The predicted octanol–water partition coefficient (Wildman–Crippen LogP) is 3.84. The zero-order chi connectivity index (χ0) is 20.3. The van der Waals surface area contributed by atoms with Gasteiger partial charge in [-0.05, 0) is 50.3 Å². The maximum atomic E-state index is 12.3. The van der Waals surface area contributed by atoms with E-state index in [4.69, 9.17) is 21.4 Å². The lowest BCUT2D eigenvalue weighted by Crippen LogP contribution is -2.08. The highest BCUT2D eigenvalue weighted by Gasteiger charge is 2.22. The van der Waals surface area contributed by atoms with Crippen molar-refractivity contribution in [3.8, 4) is 23.0 Å². The van der Waals surface area contributed by atoms with Gasteiger partial charge in [0.1, 0.15) is 11.3 Å². The van der Waals surface area contributed by atoms with Gasteiger partial charge in [-0.3, -0.25) is 4.79 Å². The van der Waals surface area contributed by atoms with E-state index in [-0.39, 0.29) is 27.6 Å². The van der Waals surface area contributed by atoms with Gasteiger partial charge >= 0.3 is 5.97 Å². The molecule has 0 bridgehead atoms. The standard InChI is InChI=1S/C19H17ClO7/c1-9(2)27-18-10(7-13(19(25)26)16(23)17(18)24)3-6-14(21)12-5-4-11(20)8-15(12)22/h3-9,22-24H,1-2H3,(H,25,26). The highest BCUT2D eigenvalue weighted by Crippen LogP contribution is 2.42. The lowest BCUT2D eigenvalue weighted by Gasteiger charge is -2.16. The average molecular weight is 393 g/mol. The minimum absolute atomic E-state index is 0.0107. The van der Waals surface area contributed by atoms with Crippen LogP contribution in [0.5, 0.6) is 23.0 Å². The molecular formula is C19H17ClO7. The molecule has 2 aromatic carbocycles. The van der Waals surface area contributed by atoms with Crippen LogP contribution in [0.4, 0.5) is 0 Å². The van der Waals surface area contributed by atoms with E-state index in [2.05, 4.69) is 0 Å². The van der Waals surface area contributed by atoms with E-state index in [9.17, 15) is 24.9 Å². The molecule has 0 fully saturated rings. The summed E-state index contributed by atoms with van der Waals surface area (Å²) in [5, 5.41) is 39.2. The number of benzene rings is 2. The van der Waals surface area contributed by atoms with Crippen LogP contribution in [0.25, 0.3) is 6.08 Å². The summed E-state index contributed by atoms with van der Waals surface area (Å²) < 4.78 is 5.44. The molecule has 0 unspecified atom stereocenters. The number of phenolic OH excluding ortho intramolecular Hbond substituents is 2. The Morgan fingerprint density at radius 1 is 1.07 bits per heavy atom. The van der Waals surface area contributed by atoms with Crippen molar-refractivity contribution in [2.24, 2.45) is 0 Å². The van der Waals surface area contributed by atoms with Crippen LogP contribution in [-0.2, 0) is 0 Å². The number of aromatic carboxylic acids is 1. The normalized spacial score (nSPS) is 11.1. The monoisotopic (exact) mass is 392 g/mol. The summed E-state index contributed by atoms with van der Waals surface area (Å²) in [4.78, 5) is 23.5. The molecule has 4 N–H and O–H groups in total. The summed E-state index contributed by atoms with van der Waals surface area (Å²) in [6.07, 6.45) is 1.90. The van der Waals surface area contributed by atoms with Gasteiger partial charge in [0, 0.05) is 10.6 Å². The summed E-state index contributed by atoms with van der Waals surface area (Å²) in [5.74, 6) is -4.10. The molecular weight excluding hydrogens is 376 g/mol. The minimum Gasteiger partial charge on any atom is -0.507 e. The number of phenols is 3. The molecule has 0 atom stereocenters. The molecule has 2 rings (SSSR count). The largest absolute Gasteiger partial charge is 0.507 e. The molecule has 7 nitrogen and oxygen atoms in total. The zero-order valence-electron chi connectivity index (χ0n) is 14.4. The fourth-order valence-corrected chi connectivity index (χ4v) is 2.44. The van der Waals surface area contributed by atoms with Gasteiger partial charge < -0.3 is 25.2 Å². The smallest absolute Gasteiger partial charge is 0.339 e. The van der Waals surface area contributed by atoms with E-state index in [0.29, 0.717) is 0 Å². The first-order valence-corrected chi connectivity index (χ1v) is 8.19. The number of halogens is 1. The summed E-state index contributed by atoms with van der Waals surface area (Å²) in [5.41, 5.74) is -0.494. The molecule has 27 heavy (non-hydrogen) atoms. The Balaban J connectivity index is 2.50. The van der Waals surface area contributed by atoms with Gasteiger partial charge in [0.2, 0.25) is 5.75 Å². The quantitative estimate of drug-likeness (QED) is 0.334. The van der Waals surface area contributed by atoms with Gasteiger partial charge in [0.05, 0.1) is 11.7 Å². The zero-order valence-corrected chi connectivity index (χ0v) is 15.2. The van der Waals surface area contributed by atoms with Crippen molar-refractivity contribution in [1.82, 2.24) is 0 Å². The van der Waals surface area contributed by atoms with Crippen LogP contribution < -0.4 is 4.74 Å². The summed E-state index contributed by atoms with van der Waals surface area (Å²) in [7, 11) is 0. The van der Waals surface area contributed by atoms with Crippen LogP contribution in [0.3, 0.4) is 0 Å². The Morgan fingerprint density at radius 2 is 1.74 bits per heavy atom. The molecule has 0 aliphatic carbocycles. The number of carboxylic acids is 1. The third-order valence-corrected chi connectivity index (χ3v) is 3.72. The van der Waals surface area contributed by atoms with Gasteiger partial charge in [-0.25, -0.2) is 4.79 Å². The van der Waals surface area contributed by atoms with Crippen LogP contribution in [0.2, 0.25) is 5.02 Å².